The van der Waals surface area contributed by atoms with E-state index in [9.17, 15) is 0 Å². The zero-order chi connectivity index (χ0) is 14.9. The molecule has 1 heterocycles. The summed E-state index contributed by atoms with van der Waals surface area (Å²) in [6, 6.07) is 7.24. The van der Waals surface area contributed by atoms with E-state index in [0.717, 1.165) is 26.1 Å². The van der Waals surface area contributed by atoms with Gasteiger partial charge in [0.15, 0.2) is 0 Å². The van der Waals surface area contributed by atoms with E-state index in [1.54, 1.807) is 0 Å². The smallest absolute Gasteiger partial charge is 0.0655 e. The summed E-state index contributed by atoms with van der Waals surface area (Å²) in [6.07, 6.45) is 3.99. The number of ether oxygens (including phenoxy) is 1. The van der Waals surface area contributed by atoms with Gasteiger partial charge in [-0.1, -0.05) is 32.0 Å². The van der Waals surface area contributed by atoms with Crippen LogP contribution < -0.4 is 10.6 Å². The minimum atomic E-state index is 0.234. The third kappa shape index (κ3) is 2.82. The predicted molar refractivity (Wildman–Crippen MR) is 87.7 cm³/mol. The highest BCUT2D eigenvalue weighted by atomic mass is 16.5. The van der Waals surface area contributed by atoms with Crippen molar-refractivity contribution in [2.45, 2.75) is 58.7 Å². The van der Waals surface area contributed by atoms with Crippen LogP contribution in [0.4, 0.5) is 5.69 Å². The normalized spacial score (nSPS) is 26.6. The Balaban J connectivity index is 1.62. The van der Waals surface area contributed by atoms with Crippen LogP contribution in [0.2, 0.25) is 0 Å². The van der Waals surface area contributed by atoms with Crippen LogP contribution >= 0.6 is 0 Å². The molecule has 0 amide bonds. The number of aryl methyl sites for hydroxylation is 1. The van der Waals surface area contributed by atoms with E-state index < -0.39 is 0 Å². The lowest BCUT2D eigenvalue weighted by Crippen LogP contribution is -2.60. The average molecular weight is 288 g/mol. The zero-order valence-corrected chi connectivity index (χ0v) is 13.5. The molecule has 0 radical (unpaired) electrons. The number of rotatable bonds is 5. The summed E-state index contributed by atoms with van der Waals surface area (Å²) in [7, 11) is 0. The zero-order valence-electron chi connectivity index (χ0n) is 13.5. The second-order valence-electron chi connectivity index (χ2n) is 6.92. The third-order valence-corrected chi connectivity index (χ3v) is 5.25. The van der Waals surface area contributed by atoms with Crippen LogP contribution in [0.25, 0.3) is 0 Å². The van der Waals surface area contributed by atoms with Crippen molar-refractivity contribution in [2.75, 3.05) is 18.5 Å². The number of para-hydroxylation sites is 1. The van der Waals surface area contributed by atoms with Crippen molar-refractivity contribution in [1.82, 2.24) is 5.32 Å². The lowest BCUT2D eigenvalue weighted by atomic mass is 9.64. The van der Waals surface area contributed by atoms with Gasteiger partial charge in [-0.15, -0.1) is 0 Å². The fraction of sp³-hybridized carbons (Fsp3) is 0.667. The molecule has 0 saturated heterocycles. The quantitative estimate of drug-likeness (QED) is 0.872. The minimum Gasteiger partial charge on any atom is -0.385 e. The summed E-state index contributed by atoms with van der Waals surface area (Å²) in [5, 5.41) is 7.32. The van der Waals surface area contributed by atoms with Gasteiger partial charge in [-0.3, -0.25) is 0 Å². The highest BCUT2D eigenvalue weighted by Gasteiger charge is 2.48. The number of nitrogens with one attached hydrogen (secondary N) is 2. The Morgan fingerprint density at radius 2 is 2.24 bits per heavy atom. The highest BCUT2D eigenvalue weighted by molar-refractivity contribution is 5.59. The van der Waals surface area contributed by atoms with Crippen molar-refractivity contribution in [2.24, 2.45) is 5.41 Å². The first kappa shape index (κ1) is 14.9. The van der Waals surface area contributed by atoms with Gasteiger partial charge in [-0.05, 0) is 37.3 Å². The van der Waals surface area contributed by atoms with Crippen molar-refractivity contribution in [3.05, 3.63) is 29.3 Å². The molecule has 1 aromatic carbocycles. The molecule has 2 unspecified atom stereocenters. The molecule has 2 aliphatic rings. The van der Waals surface area contributed by atoms with Crippen LogP contribution in [0.1, 0.15) is 44.7 Å². The molecule has 1 saturated carbocycles. The standard InChI is InChI=1S/C18H28N2O/c1-4-21-16-11-15(18(16,2)3)20-12-14-8-5-7-13-9-6-10-19-17(13)14/h5,7-8,15-16,19-20H,4,6,9-12H2,1-3H3. The highest BCUT2D eigenvalue weighted by Crippen LogP contribution is 2.43. The van der Waals surface area contributed by atoms with Gasteiger partial charge in [0, 0.05) is 36.8 Å². The van der Waals surface area contributed by atoms with Crippen molar-refractivity contribution in [1.29, 1.82) is 0 Å². The van der Waals surface area contributed by atoms with Crippen LogP contribution in [0.5, 0.6) is 0 Å². The summed E-state index contributed by atoms with van der Waals surface area (Å²) in [6.45, 7) is 9.57. The summed E-state index contributed by atoms with van der Waals surface area (Å²) in [5.74, 6) is 0. The maximum Gasteiger partial charge on any atom is 0.0655 e. The Hall–Kier alpha value is -1.06. The fourth-order valence-corrected chi connectivity index (χ4v) is 3.68. The van der Waals surface area contributed by atoms with Crippen molar-refractivity contribution < 1.29 is 4.74 Å². The van der Waals surface area contributed by atoms with Crippen molar-refractivity contribution >= 4 is 5.69 Å². The molecule has 0 bridgehead atoms. The van der Waals surface area contributed by atoms with Crippen molar-refractivity contribution in [3.8, 4) is 0 Å². The van der Waals surface area contributed by atoms with Gasteiger partial charge in [0.25, 0.3) is 0 Å². The molecular weight excluding hydrogens is 260 g/mol. The third-order valence-electron chi connectivity index (χ3n) is 5.25. The predicted octanol–water partition coefficient (Wildman–Crippen LogP) is 3.34. The molecule has 0 aromatic heterocycles. The molecule has 3 heteroatoms. The molecule has 1 fully saturated rings. The molecule has 3 nitrogen and oxygen atoms in total. The van der Waals surface area contributed by atoms with Crippen LogP contribution in [-0.2, 0) is 17.7 Å². The van der Waals surface area contributed by atoms with Gasteiger partial charge in [0.1, 0.15) is 0 Å². The van der Waals surface area contributed by atoms with E-state index in [1.165, 1.54) is 29.7 Å². The molecule has 116 valence electrons. The van der Waals surface area contributed by atoms with Crippen LogP contribution in [0, 0.1) is 5.41 Å². The first-order valence-corrected chi connectivity index (χ1v) is 8.32. The van der Waals surface area contributed by atoms with Crippen LogP contribution in [-0.4, -0.2) is 25.3 Å². The number of hydrogen-bond donors (Lipinski definition) is 2. The van der Waals surface area contributed by atoms with E-state index in [1.807, 2.05) is 0 Å². The number of hydrogen-bond acceptors (Lipinski definition) is 3. The maximum atomic E-state index is 5.81. The van der Waals surface area contributed by atoms with Gasteiger partial charge in [0.2, 0.25) is 0 Å². The summed E-state index contributed by atoms with van der Waals surface area (Å²) in [4.78, 5) is 0. The van der Waals surface area contributed by atoms with E-state index in [-0.39, 0.29) is 5.41 Å². The monoisotopic (exact) mass is 288 g/mol. The molecule has 2 atom stereocenters. The van der Waals surface area contributed by atoms with Gasteiger partial charge >= 0.3 is 0 Å². The summed E-state index contributed by atoms with van der Waals surface area (Å²) >= 11 is 0. The van der Waals surface area contributed by atoms with E-state index in [2.05, 4.69) is 49.6 Å². The molecule has 1 aromatic rings. The Kier molecular flexibility index (Phi) is 4.23. The molecule has 0 spiro atoms. The summed E-state index contributed by atoms with van der Waals surface area (Å²) < 4.78 is 5.81. The van der Waals surface area contributed by atoms with Gasteiger partial charge in [-0.25, -0.2) is 0 Å². The lowest BCUT2D eigenvalue weighted by Gasteiger charge is -2.52. The Morgan fingerprint density at radius 3 is 3.00 bits per heavy atom. The largest absolute Gasteiger partial charge is 0.385 e. The van der Waals surface area contributed by atoms with Crippen LogP contribution in [0.15, 0.2) is 18.2 Å². The minimum absolute atomic E-state index is 0.234. The lowest BCUT2D eigenvalue weighted by molar-refractivity contribution is -0.114. The first-order valence-electron chi connectivity index (χ1n) is 8.32. The van der Waals surface area contributed by atoms with Gasteiger partial charge in [-0.2, -0.15) is 0 Å². The molecule has 2 N–H and O–H groups in total. The Labute approximate surface area is 128 Å². The van der Waals surface area contributed by atoms with E-state index >= 15 is 0 Å². The second kappa shape index (κ2) is 5.98. The molecule has 1 aliphatic heterocycles. The van der Waals surface area contributed by atoms with E-state index in [4.69, 9.17) is 4.74 Å². The Morgan fingerprint density at radius 1 is 1.38 bits per heavy atom. The van der Waals surface area contributed by atoms with Crippen molar-refractivity contribution in [3.63, 3.8) is 0 Å². The molecule has 3 rings (SSSR count). The molecule has 21 heavy (non-hydrogen) atoms. The first-order chi connectivity index (χ1) is 10.1. The Bertz CT molecular complexity index is 498. The summed E-state index contributed by atoms with van der Waals surface area (Å²) in [5.41, 5.74) is 4.48. The van der Waals surface area contributed by atoms with Crippen LogP contribution in [0.3, 0.4) is 0 Å². The fourth-order valence-electron chi connectivity index (χ4n) is 3.68. The second-order valence-corrected chi connectivity index (χ2v) is 6.92. The topological polar surface area (TPSA) is 33.3 Å². The van der Waals surface area contributed by atoms with E-state index in [0.29, 0.717) is 12.1 Å². The maximum absolute atomic E-state index is 5.81. The number of benzene rings is 1. The van der Waals surface area contributed by atoms with Gasteiger partial charge in [0.05, 0.1) is 6.10 Å². The SMILES string of the molecule is CCOC1CC(NCc2cccc3c2NCCC3)C1(C)C. The average Bonchev–Trinajstić information content (AvgIpc) is 2.50. The van der Waals surface area contributed by atoms with Gasteiger partial charge < -0.3 is 15.4 Å². The molecular formula is C18H28N2O. The number of anilines is 1. The molecule has 1 aliphatic carbocycles. The number of fused-ring (bicyclic) bond motifs is 1.